The third-order valence-electron chi connectivity index (χ3n) is 4.35. The summed E-state index contributed by atoms with van der Waals surface area (Å²) in [5, 5.41) is 7.58. The van der Waals surface area contributed by atoms with E-state index in [0.29, 0.717) is 24.4 Å². The van der Waals surface area contributed by atoms with Crippen molar-refractivity contribution in [2.45, 2.75) is 13.8 Å². The van der Waals surface area contributed by atoms with Crippen LogP contribution >= 0.6 is 0 Å². The fourth-order valence-corrected chi connectivity index (χ4v) is 2.72. The molecular formula is C21H23N3O2. The van der Waals surface area contributed by atoms with Gasteiger partial charge in [-0.3, -0.25) is 4.79 Å². The Labute approximate surface area is 153 Å². The molecule has 0 spiro atoms. The Hall–Kier alpha value is -2.92. The van der Waals surface area contributed by atoms with Gasteiger partial charge in [0.1, 0.15) is 5.69 Å². The average Bonchev–Trinajstić information content (AvgIpc) is 3.10. The fraction of sp³-hybridized carbons (Fsp3) is 0.238. The third-order valence-corrected chi connectivity index (χ3v) is 4.35. The number of hydrogen-bond acceptors (Lipinski definition) is 3. The summed E-state index contributed by atoms with van der Waals surface area (Å²) >= 11 is 0. The molecule has 0 aliphatic carbocycles. The number of methoxy groups -OCH3 is 1. The van der Waals surface area contributed by atoms with Crippen molar-refractivity contribution in [3.8, 4) is 16.9 Å². The minimum Gasteiger partial charge on any atom is -0.383 e. The van der Waals surface area contributed by atoms with Crippen molar-refractivity contribution in [2.75, 3.05) is 20.3 Å². The predicted octanol–water partition coefficient (Wildman–Crippen LogP) is 3.53. The Morgan fingerprint density at radius 2 is 1.88 bits per heavy atom. The number of para-hydroxylation sites is 1. The SMILES string of the molecule is COCCNC(=O)c1cn(-c2ccccc2)nc1-c1ccc(C)c(C)c1. The zero-order valence-electron chi connectivity index (χ0n) is 15.3. The lowest BCUT2D eigenvalue weighted by atomic mass is 10.0. The summed E-state index contributed by atoms with van der Waals surface area (Å²) in [5.74, 6) is -0.155. The Morgan fingerprint density at radius 3 is 2.58 bits per heavy atom. The van der Waals surface area contributed by atoms with E-state index in [9.17, 15) is 4.79 Å². The molecule has 0 aliphatic heterocycles. The molecule has 3 aromatic rings. The zero-order chi connectivity index (χ0) is 18.5. The first-order valence-electron chi connectivity index (χ1n) is 8.60. The number of rotatable bonds is 6. The Bertz CT molecular complexity index is 901. The number of amides is 1. The van der Waals surface area contributed by atoms with Crippen LogP contribution in [0.15, 0.2) is 54.7 Å². The van der Waals surface area contributed by atoms with Gasteiger partial charge in [-0.1, -0.05) is 30.3 Å². The van der Waals surface area contributed by atoms with Crippen LogP contribution in [0.25, 0.3) is 16.9 Å². The molecule has 0 unspecified atom stereocenters. The lowest BCUT2D eigenvalue weighted by molar-refractivity contribution is 0.0937. The summed E-state index contributed by atoms with van der Waals surface area (Å²) in [6.45, 7) is 5.06. The summed E-state index contributed by atoms with van der Waals surface area (Å²) < 4.78 is 6.76. The van der Waals surface area contributed by atoms with Crippen LogP contribution < -0.4 is 5.32 Å². The maximum atomic E-state index is 12.7. The molecule has 0 saturated carbocycles. The maximum absolute atomic E-state index is 12.7. The van der Waals surface area contributed by atoms with Crippen molar-refractivity contribution < 1.29 is 9.53 Å². The molecule has 3 rings (SSSR count). The molecule has 0 fully saturated rings. The molecule has 0 radical (unpaired) electrons. The van der Waals surface area contributed by atoms with Crippen LogP contribution in [0, 0.1) is 13.8 Å². The number of benzene rings is 2. The zero-order valence-corrected chi connectivity index (χ0v) is 15.3. The van der Waals surface area contributed by atoms with Crippen LogP contribution in [0.5, 0.6) is 0 Å². The molecule has 0 aliphatic rings. The Morgan fingerprint density at radius 1 is 1.12 bits per heavy atom. The van der Waals surface area contributed by atoms with Crippen LogP contribution in [0.1, 0.15) is 21.5 Å². The molecule has 0 bridgehead atoms. The van der Waals surface area contributed by atoms with E-state index >= 15 is 0 Å². The van der Waals surface area contributed by atoms with Gasteiger partial charge in [0.15, 0.2) is 0 Å². The van der Waals surface area contributed by atoms with Gasteiger partial charge in [-0.05, 0) is 43.2 Å². The quantitative estimate of drug-likeness (QED) is 0.693. The number of hydrogen-bond donors (Lipinski definition) is 1. The van der Waals surface area contributed by atoms with Crippen molar-refractivity contribution in [2.24, 2.45) is 0 Å². The molecule has 0 atom stereocenters. The first kappa shape index (κ1) is 17.9. The summed E-state index contributed by atoms with van der Waals surface area (Å²) in [4.78, 5) is 12.7. The molecule has 5 heteroatoms. The number of aromatic nitrogens is 2. The fourth-order valence-electron chi connectivity index (χ4n) is 2.72. The average molecular weight is 349 g/mol. The minimum absolute atomic E-state index is 0.155. The van der Waals surface area contributed by atoms with E-state index in [2.05, 4.69) is 31.3 Å². The smallest absolute Gasteiger partial charge is 0.255 e. The number of nitrogens with one attached hydrogen (secondary N) is 1. The van der Waals surface area contributed by atoms with E-state index in [1.54, 1.807) is 18.0 Å². The highest BCUT2D eigenvalue weighted by molar-refractivity contribution is 6.00. The van der Waals surface area contributed by atoms with Gasteiger partial charge in [0.2, 0.25) is 0 Å². The van der Waals surface area contributed by atoms with Crippen LogP contribution in [-0.2, 0) is 4.74 Å². The molecule has 1 aromatic heterocycles. The molecule has 1 N–H and O–H groups in total. The van der Waals surface area contributed by atoms with Crippen LogP contribution in [0.2, 0.25) is 0 Å². The van der Waals surface area contributed by atoms with Crippen molar-refractivity contribution in [1.29, 1.82) is 0 Å². The molecule has 0 saturated heterocycles. The van der Waals surface area contributed by atoms with E-state index in [4.69, 9.17) is 9.84 Å². The topological polar surface area (TPSA) is 56.1 Å². The summed E-state index contributed by atoms with van der Waals surface area (Å²) in [6.07, 6.45) is 1.78. The van der Waals surface area contributed by atoms with Crippen molar-refractivity contribution in [3.63, 3.8) is 0 Å². The monoisotopic (exact) mass is 349 g/mol. The predicted molar refractivity (Wildman–Crippen MR) is 103 cm³/mol. The van der Waals surface area contributed by atoms with Gasteiger partial charge in [-0.15, -0.1) is 0 Å². The normalized spacial score (nSPS) is 10.7. The van der Waals surface area contributed by atoms with E-state index in [0.717, 1.165) is 11.3 Å². The van der Waals surface area contributed by atoms with Gasteiger partial charge in [-0.2, -0.15) is 5.10 Å². The number of carbonyl (C=O) groups excluding carboxylic acids is 1. The summed E-state index contributed by atoms with van der Waals surface area (Å²) in [5.41, 5.74) is 5.44. The van der Waals surface area contributed by atoms with E-state index < -0.39 is 0 Å². The number of aryl methyl sites for hydroxylation is 2. The number of carbonyl (C=O) groups is 1. The lowest BCUT2D eigenvalue weighted by Gasteiger charge is -2.06. The second kappa shape index (κ2) is 7.97. The highest BCUT2D eigenvalue weighted by Gasteiger charge is 2.18. The lowest BCUT2D eigenvalue weighted by Crippen LogP contribution is -2.27. The van der Waals surface area contributed by atoms with Gasteiger partial charge in [0.25, 0.3) is 5.91 Å². The maximum Gasteiger partial charge on any atom is 0.255 e. The second-order valence-corrected chi connectivity index (χ2v) is 6.22. The van der Waals surface area contributed by atoms with E-state index in [1.165, 1.54) is 11.1 Å². The van der Waals surface area contributed by atoms with Gasteiger partial charge in [0, 0.05) is 25.4 Å². The molecule has 134 valence electrons. The van der Waals surface area contributed by atoms with Gasteiger partial charge < -0.3 is 10.1 Å². The number of nitrogens with zero attached hydrogens (tertiary/aromatic N) is 2. The first-order chi connectivity index (χ1) is 12.6. The van der Waals surface area contributed by atoms with Crippen molar-refractivity contribution in [1.82, 2.24) is 15.1 Å². The standard InChI is InChI=1S/C21H23N3O2/c1-15-9-10-17(13-16(15)2)20-19(21(25)22-11-12-26-3)14-24(23-20)18-7-5-4-6-8-18/h4-10,13-14H,11-12H2,1-3H3,(H,22,25). The van der Waals surface area contributed by atoms with Gasteiger partial charge >= 0.3 is 0 Å². The van der Waals surface area contributed by atoms with E-state index in [1.807, 2.05) is 36.4 Å². The van der Waals surface area contributed by atoms with Gasteiger partial charge in [0.05, 0.1) is 17.9 Å². The second-order valence-electron chi connectivity index (χ2n) is 6.22. The first-order valence-corrected chi connectivity index (χ1v) is 8.60. The van der Waals surface area contributed by atoms with Crippen molar-refractivity contribution >= 4 is 5.91 Å². The third kappa shape index (κ3) is 3.83. The Balaban J connectivity index is 2.03. The van der Waals surface area contributed by atoms with Crippen LogP contribution in [0.4, 0.5) is 0 Å². The van der Waals surface area contributed by atoms with Crippen molar-refractivity contribution in [3.05, 3.63) is 71.4 Å². The van der Waals surface area contributed by atoms with Crippen LogP contribution in [-0.4, -0.2) is 35.9 Å². The minimum atomic E-state index is -0.155. The Kier molecular flexibility index (Phi) is 5.49. The summed E-state index contributed by atoms with van der Waals surface area (Å²) in [7, 11) is 1.61. The molecule has 2 aromatic carbocycles. The number of ether oxygens (including phenoxy) is 1. The molecular weight excluding hydrogens is 326 g/mol. The highest BCUT2D eigenvalue weighted by Crippen LogP contribution is 2.25. The molecule has 5 nitrogen and oxygen atoms in total. The molecule has 1 heterocycles. The summed E-state index contributed by atoms with van der Waals surface area (Å²) in [6, 6.07) is 15.9. The molecule has 1 amide bonds. The van der Waals surface area contributed by atoms with Crippen LogP contribution in [0.3, 0.4) is 0 Å². The van der Waals surface area contributed by atoms with E-state index in [-0.39, 0.29) is 5.91 Å². The molecule has 26 heavy (non-hydrogen) atoms. The highest BCUT2D eigenvalue weighted by atomic mass is 16.5. The van der Waals surface area contributed by atoms with Gasteiger partial charge in [-0.25, -0.2) is 4.68 Å². The largest absolute Gasteiger partial charge is 0.383 e.